The molecule has 0 fully saturated rings. The topological polar surface area (TPSA) is 168 Å². The fraction of sp³-hybridized carbons (Fsp3) is 0.349. The van der Waals surface area contributed by atoms with Crippen molar-refractivity contribution in [2.24, 2.45) is 4.99 Å². The van der Waals surface area contributed by atoms with Crippen LogP contribution in [0.15, 0.2) is 90.2 Å². The van der Waals surface area contributed by atoms with Crippen LogP contribution < -0.4 is 10.6 Å². The van der Waals surface area contributed by atoms with Crippen molar-refractivity contribution >= 4 is 89.9 Å². The Kier molecular flexibility index (Phi) is 22.0. The molecule has 0 saturated heterocycles. The van der Waals surface area contributed by atoms with Crippen LogP contribution in [0.2, 0.25) is 10.0 Å². The summed E-state index contributed by atoms with van der Waals surface area (Å²) in [4.78, 5) is 35.6. The Morgan fingerprint density at radius 1 is 0.788 bits per heavy atom. The zero-order valence-corrected chi connectivity index (χ0v) is 38.6. The highest BCUT2D eigenvalue weighted by Gasteiger charge is 2.31. The summed E-state index contributed by atoms with van der Waals surface area (Å²) in [7, 11) is -6.04. The predicted octanol–water partition coefficient (Wildman–Crippen LogP) is 10.1. The number of anilines is 1. The van der Waals surface area contributed by atoms with Gasteiger partial charge >= 0.3 is 18.4 Å². The lowest BCUT2D eigenvalue weighted by Crippen LogP contribution is -2.38. The Balaban J connectivity index is 0.000000373. The quantitative estimate of drug-likeness (QED) is 0.0893. The third kappa shape index (κ3) is 19.2. The summed E-state index contributed by atoms with van der Waals surface area (Å²) >= 11 is 12.6. The first-order valence-corrected chi connectivity index (χ1v) is 24.0. The van der Waals surface area contributed by atoms with E-state index in [9.17, 15) is 52.8 Å². The second-order valence-corrected chi connectivity index (χ2v) is 19.8. The lowest BCUT2D eigenvalue weighted by atomic mass is 10.0. The number of alkyl halides is 6. The number of halogens is 9. The molecular formula is C43H47Cl3F6N6O6S2. The number of aryl methyl sites for hydroxylation is 2. The van der Waals surface area contributed by atoms with E-state index < -0.39 is 49.2 Å². The first-order chi connectivity index (χ1) is 29.9. The molecule has 0 saturated carbocycles. The summed E-state index contributed by atoms with van der Waals surface area (Å²) in [5.74, 6) is 0.132. The number of aliphatic imine (C=N–C) groups is 1. The average Bonchev–Trinajstić information content (AvgIpc) is 3.22. The summed E-state index contributed by atoms with van der Waals surface area (Å²) in [5.41, 5.74) is 3.86. The number of nitrogens with zero attached hydrogens (tertiary/aromatic N) is 4. The number of aromatic nitrogens is 2. The first-order valence-electron chi connectivity index (χ1n) is 19.1. The van der Waals surface area contributed by atoms with Gasteiger partial charge in [-0.2, -0.15) is 31.3 Å². The molecule has 23 heteroatoms. The summed E-state index contributed by atoms with van der Waals surface area (Å²) < 4.78 is 119. The number of amides is 2. The standard InChI is InChI=1S/C21H21ClF3N3O3S.C13H17ClN2O2S.C8H4F3NO.CH4.ClH/c1-32(30,31)11-8-14-12-18(22)19(26-13-14)15-6-9-28(10-7-15)20(29)27-17-4-2-16(3-5-17)21(23,24)25;1-19(17,18)7-4-10-8-12(14)13(16-9-10)11-2-5-15-6-3-11;9-8(10,11)6-1-3-7(4-2-6)12-5-13;;/h2-6,12-13H,7-11H2,1H3,(H,27,29);2,8-9,15H,3-7H2,1H3;1-4H;1H4;1H. The number of hydrogen-bond acceptors (Lipinski definition) is 10. The van der Waals surface area contributed by atoms with Crippen LogP contribution >= 0.6 is 35.6 Å². The highest BCUT2D eigenvalue weighted by molar-refractivity contribution is 7.90. The molecule has 0 spiro atoms. The fourth-order valence-corrected chi connectivity index (χ4v) is 7.77. The van der Waals surface area contributed by atoms with Gasteiger partial charge in [0.05, 0.1) is 49.8 Å². The number of carbonyl (C=O) groups is 1. The van der Waals surface area contributed by atoms with Crippen LogP contribution in [-0.4, -0.2) is 94.0 Å². The van der Waals surface area contributed by atoms with Gasteiger partial charge in [0.15, 0.2) is 0 Å². The van der Waals surface area contributed by atoms with E-state index in [2.05, 4.69) is 31.7 Å². The highest BCUT2D eigenvalue weighted by atomic mass is 35.5. The van der Waals surface area contributed by atoms with Crippen LogP contribution in [0.5, 0.6) is 0 Å². The molecule has 66 heavy (non-hydrogen) atoms. The van der Waals surface area contributed by atoms with Gasteiger partial charge in [-0.3, -0.25) is 9.97 Å². The van der Waals surface area contributed by atoms with Gasteiger partial charge < -0.3 is 15.5 Å². The van der Waals surface area contributed by atoms with Gasteiger partial charge in [0.1, 0.15) is 19.7 Å². The van der Waals surface area contributed by atoms with Crippen molar-refractivity contribution in [1.82, 2.24) is 20.2 Å². The second kappa shape index (κ2) is 25.4. The summed E-state index contributed by atoms with van der Waals surface area (Å²) in [6.07, 6.45) is 4.25. The van der Waals surface area contributed by atoms with Crippen LogP contribution in [0.4, 0.5) is 42.5 Å². The second-order valence-electron chi connectivity index (χ2n) is 14.5. The molecule has 2 N–H and O–H groups in total. The van der Waals surface area contributed by atoms with E-state index in [0.29, 0.717) is 41.5 Å². The molecule has 12 nitrogen and oxygen atoms in total. The van der Waals surface area contributed by atoms with Crippen molar-refractivity contribution in [3.05, 3.63) is 129 Å². The Bertz CT molecular complexity index is 2610. The number of rotatable bonds is 10. The smallest absolute Gasteiger partial charge is 0.320 e. The molecule has 4 heterocycles. The molecule has 0 radical (unpaired) electrons. The molecule has 2 aliphatic heterocycles. The molecule has 2 aromatic carbocycles. The summed E-state index contributed by atoms with van der Waals surface area (Å²) in [6, 6.07) is 11.3. The first kappa shape index (κ1) is 57.3. The van der Waals surface area contributed by atoms with E-state index in [-0.39, 0.29) is 49.3 Å². The van der Waals surface area contributed by atoms with Crippen LogP contribution in [-0.2, 0) is 49.7 Å². The minimum absolute atomic E-state index is 0. The van der Waals surface area contributed by atoms with Crippen molar-refractivity contribution < 1.29 is 52.8 Å². The number of nitrogens with one attached hydrogen (secondary N) is 2. The van der Waals surface area contributed by atoms with Gasteiger partial charge in [0.25, 0.3) is 0 Å². The van der Waals surface area contributed by atoms with Gasteiger partial charge in [0, 0.05) is 50.2 Å². The number of hydrogen-bond donors (Lipinski definition) is 2. The van der Waals surface area contributed by atoms with Crippen molar-refractivity contribution in [2.75, 3.05) is 55.5 Å². The molecule has 4 aromatic rings. The monoisotopic (exact) mass is 1030 g/mol. The molecule has 2 aromatic heterocycles. The molecule has 0 unspecified atom stereocenters. The van der Waals surface area contributed by atoms with E-state index in [1.165, 1.54) is 35.6 Å². The van der Waals surface area contributed by atoms with Crippen molar-refractivity contribution in [2.45, 2.75) is 45.5 Å². The zero-order valence-electron chi connectivity index (χ0n) is 34.6. The van der Waals surface area contributed by atoms with Crippen LogP contribution in [0.3, 0.4) is 0 Å². The van der Waals surface area contributed by atoms with E-state index in [1.807, 2.05) is 12.1 Å². The molecule has 6 rings (SSSR count). The van der Waals surface area contributed by atoms with Crippen molar-refractivity contribution in [1.29, 1.82) is 0 Å². The number of urea groups is 1. The molecule has 2 aliphatic rings. The number of benzene rings is 2. The minimum Gasteiger partial charge on any atom is -0.320 e. The number of isocyanates is 1. The molecule has 0 atom stereocenters. The van der Waals surface area contributed by atoms with Gasteiger partial charge in [-0.1, -0.05) is 42.8 Å². The number of pyridine rings is 2. The van der Waals surface area contributed by atoms with Crippen molar-refractivity contribution in [3.8, 4) is 0 Å². The van der Waals surface area contributed by atoms with Crippen LogP contribution in [0.1, 0.15) is 53.9 Å². The normalized spacial score (nSPS) is 13.9. The van der Waals surface area contributed by atoms with E-state index in [1.54, 1.807) is 18.5 Å². The Morgan fingerprint density at radius 2 is 1.26 bits per heavy atom. The lowest BCUT2D eigenvalue weighted by Gasteiger charge is -2.27. The van der Waals surface area contributed by atoms with Gasteiger partial charge in [-0.05, 0) is 115 Å². The maximum absolute atomic E-state index is 12.6. The maximum Gasteiger partial charge on any atom is 0.416 e. The Hall–Kier alpha value is -4.82. The van der Waals surface area contributed by atoms with E-state index in [4.69, 9.17) is 23.2 Å². The minimum atomic E-state index is -4.43. The number of carbonyl (C=O) groups excluding carboxylic acids is 2. The summed E-state index contributed by atoms with van der Waals surface area (Å²) in [6.45, 7) is 2.44. The van der Waals surface area contributed by atoms with Crippen LogP contribution in [0, 0.1) is 0 Å². The molecule has 2 amide bonds. The van der Waals surface area contributed by atoms with Crippen molar-refractivity contribution in [3.63, 3.8) is 0 Å². The molecular weight excluding hydrogens is 981 g/mol. The van der Waals surface area contributed by atoms with Gasteiger partial charge in [-0.15, -0.1) is 12.4 Å². The molecule has 0 aliphatic carbocycles. The maximum atomic E-state index is 12.6. The predicted molar refractivity (Wildman–Crippen MR) is 249 cm³/mol. The van der Waals surface area contributed by atoms with E-state index in [0.717, 1.165) is 83.9 Å². The SMILES string of the molecule is C.CS(=O)(=O)CCc1cnc(C2=CCN(C(=O)Nc3ccc(C(F)(F)F)cc3)CC2)c(Cl)c1.CS(=O)(=O)CCc1cnc(C2=CCNCC2)c(Cl)c1.Cl.O=C=Nc1ccc(C(F)(F)F)cc1. The largest absolute Gasteiger partial charge is 0.416 e. The summed E-state index contributed by atoms with van der Waals surface area (Å²) in [5, 5.41) is 6.83. The Labute approximate surface area is 395 Å². The van der Waals surface area contributed by atoms with Gasteiger partial charge in [-0.25, -0.2) is 26.4 Å². The third-order valence-electron chi connectivity index (χ3n) is 9.32. The fourth-order valence-electron chi connectivity index (χ4n) is 5.94. The zero-order chi connectivity index (χ0) is 47.3. The number of sulfone groups is 2. The third-order valence-corrected chi connectivity index (χ3v) is 11.8. The average molecular weight is 1030 g/mol. The Morgan fingerprint density at radius 3 is 1.64 bits per heavy atom. The highest BCUT2D eigenvalue weighted by Crippen LogP contribution is 2.32. The van der Waals surface area contributed by atoms with Crippen LogP contribution in [0.25, 0.3) is 11.1 Å². The van der Waals surface area contributed by atoms with Gasteiger partial charge in [0.2, 0.25) is 6.08 Å². The lowest BCUT2D eigenvalue weighted by molar-refractivity contribution is -0.138. The molecule has 360 valence electrons. The van der Waals surface area contributed by atoms with E-state index >= 15 is 0 Å². The molecule has 0 bridgehead atoms.